The second-order valence-electron chi connectivity index (χ2n) is 4.87. The van der Waals surface area contributed by atoms with Crippen molar-refractivity contribution < 1.29 is 18.5 Å². The van der Waals surface area contributed by atoms with E-state index in [1.165, 1.54) is 35.4 Å². The molecule has 3 amide bonds. The Morgan fingerprint density at radius 2 is 2.27 bits per heavy atom. The average molecular weight is 304 g/mol. The van der Waals surface area contributed by atoms with Crippen LogP contribution in [0.4, 0.5) is 20.7 Å². The molecular weight excluding hydrogens is 291 g/mol. The molecule has 1 aromatic heterocycles. The van der Waals surface area contributed by atoms with E-state index in [9.17, 15) is 14.0 Å². The van der Waals surface area contributed by atoms with Gasteiger partial charge >= 0.3 is 6.03 Å². The van der Waals surface area contributed by atoms with Crippen molar-refractivity contribution in [1.29, 1.82) is 0 Å². The number of anilines is 2. The first kappa shape index (κ1) is 14.1. The van der Waals surface area contributed by atoms with Crippen LogP contribution in [0.5, 0.6) is 0 Å². The van der Waals surface area contributed by atoms with Crippen LogP contribution in [0.25, 0.3) is 0 Å². The van der Waals surface area contributed by atoms with Crippen LogP contribution < -0.4 is 15.5 Å². The molecule has 1 aromatic carbocycles. The molecule has 22 heavy (non-hydrogen) atoms. The van der Waals surface area contributed by atoms with Crippen molar-refractivity contribution in [1.82, 2.24) is 10.5 Å². The quantitative estimate of drug-likeness (QED) is 0.904. The van der Waals surface area contributed by atoms with Crippen LogP contribution in [-0.4, -0.2) is 29.7 Å². The van der Waals surface area contributed by atoms with Crippen molar-refractivity contribution in [2.24, 2.45) is 0 Å². The molecule has 0 bridgehead atoms. The number of urea groups is 1. The summed E-state index contributed by atoms with van der Waals surface area (Å²) in [5, 5.41) is 8.71. The van der Waals surface area contributed by atoms with Gasteiger partial charge in [-0.25, -0.2) is 9.18 Å². The molecule has 2 N–H and O–H groups in total. The number of hydrogen-bond donors (Lipinski definition) is 2. The Kier molecular flexibility index (Phi) is 3.73. The fourth-order valence-corrected chi connectivity index (χ4v) is 2.31. The van der Waals surface area contributed by atoms with Crippen LogP contribution in [0.2, 0.25) is 0 Å². The van der Waals surface area contributed by atoms with Gasteiger partial charge < -0.3 is 14.7 Å². The lowest BCUT2D eigenvalue weighted by Crippen LogP contribution is -2.39. The fraction of sp³-hybridized carbons (Fsp3) is 0.214. The van der Waals surface area contributed by atoms with Gasteiger partial charge in [0, 0.05) is 24.7 Å². The molecular formula is C14H13FN4O3. The highest BCUT2D eigenvalue weighted by molar-refractivity contribution is 5.97. The Morgan fingerprint density at radius 3 is 3.00 bits per heavy atom. The van der Waals surface area contributed by atoms with Crippen LogP contribution in [-0.2, 0) is 4.79 Å². The summed E-state index contributed by atoms with van der Waals surface area (Å²) in [4.78, 5) is 25.2. The Labute approximate surface area is 125 Å². The van der Waals surface area contributed by atoms with Crippen LogP contribution >= 0.6 is 0 Å². The Hall–Kier alpha value is -2.90. The van der Waals surface area contributed by atoms with E-state index in [2.05, 4.69) is 20.3 Å². The summed E-state index contributed by atoms with van der Waals surface area (Å²) in [7, 11) is 0. The number of halogens is 1. The van der Waals surface area contributed by atoms with Crippen LogP contribution in [0.15, 0.2) is 41.1 Å². The highest BCUT2D eigenvalue weighted by Crippen LogP contribution is 2.22. The van der Waals surface area contributed by atoms with Crippen molar-refractivity contribution in [3.05, 3.63) is 42.4 Å². The predicted octanol–water partition coefficient (Wildman–Crippen LogP) is 1.74. The number of carbonyl (C=O) groups is 2. The lowest BCUT2D eigenvalue weighted by molar-refractivity contribution is -0.117. The van der Waals surface area contributed by atoms with Gasteiger partial charge in [-0.15, -0.1) is 0 Å². The first-order valence-corrected chi connectivity index (χ1v) is 6.65. The number of hydrogen-bond acceptors (Lipinski definition) is 4. The summed E-state index contributed by atoms with van der Waals surface area (Å²) in [6, 6.07) is 6.45. The van der Waals surface area contributed by atoms with E-state index in [-0.39, 0.29) is 30.7 Å². The van der Waals surface area contributed by atoms with Crippen molar-refractivity contribution in [3.63, 3.8) is 0 Å². The van der Waals surface area contributed by atoms with E-state index >= 15 is 0 Å². The molecule has 2 aromatic rings. The number of rotatable bonds is 3. The molecule has 0 aliphatic carbocycles. The third-order valence-corrected chi connectivity index (χ3v) is 3.26. The van der Waals surface area contributed by atoms with E-state index in [0.29, 0.717) is 5.69 Å². The Morgan fingerprint density at radius 1 is 1.41 bits per heavy atom. The van der Waals surface area contributed by atoms with Gasteiger partial charge in [0.2, 0.25) is 5.91 Å². The molecule has 1 atom stereocenters. The topological polar surface area (TPSA) is 87.5 Å². The highest BCUT2D eigenvalue weighted by Gasteiger charge is 2.31. The molecule has 114 valence electrons. The summed E-state index contributed by atoms with van der Waals surface area (Å²) in [6.45, 7) is 0.286. The molecule has 1 aliphatic heterocycles. The smallest absolute Gasteiger partial charge is 0.320 e. The zero-order valence-electron chi connectivity index (χ0n) is 11.5. The first-order chi connectivity index (χ1) is 10.6. The molecule has 0 saturated carbocycles. The molecule has 2 heterocycles. The number of nitrogens with one attached hydrogen (secondary N) is 2. The predicted molar refractivity (Wildman–Crippen MR) is 75.8 cm³/mol. The van der Waals surface area contributed by atoms with E-state index in [4.69, 9.17) is 0 Å². The minimum Gasteiger partial charge on any atom is -0.363 e. The fourth-order valence-electron chi connectivity index (χ4n) is 2.31. The van der Waals surface area contributed by atoms with Gasteiger partial charge in [-0.05, 0) is 18.2 Å². The third kappa shape index (κ3) is 3.05. The van der Waals surface area contributed by atoms with Gasteiger partial charge in [-0.1, -0.05) is 11.2 Å². The SMILES string of the molecule is O=C(Nc1ccon1)N[C@@H]1CC(=O)N(c2cccc(F)c2)C1. The van der Waals surface area contributed by atoms with Crippen molar-refractivity contribution in [2.45, 2.75) is 12.5 Å². The van der Waals surface area contributed by atoms with E-state index < -0.39 is 11.8 Å². The van der Waals surface area contributed by atoms with E-state index in [1.54, 1.807) is 6.07 Å². The highest BCUT2D eigenvalue weighted by atomic mass is 19.1. The Bertz CT molecular complexity index is 689. The van der Waals surface area contributed by atoms with Crippen molar-refractivity contribution in [3.8, 4) is 0 Å². The molecule has 8 heteroatoms. The normalized spacial score (nSPS) is 17.6. The minimum absolute atomic E-state index is 0.156. The third-order valence-electron chi connectivity index (χ3n) is 3.26. The monoisotopic (exact) mass is 304 g/mol. The maximum Gasteiger partial charge on any atom is 0.320 e. The van der Waals surface area contributed by atoms with Crippen molar-refractivity contribution in [2.75, 3.05) is 16.8 Å². The molecule has 3 rings (SSSR count). The standard InChI is InChI=1S/C14H13FN4O3/c15-9-2-1-3-11(6-9)19-8-10(7-13(19)20)16-14(21)17-12-4-5-22-18-12/h1-6,10H,7-8H2,(H2,16,17,18,21)/t10-/m1/s1. The summed E-state index contributed by atoms with van der Waals surface area (Å²) in [5.41, 5.74) is 0.478. The van der Waals surface area contributed by atoms with Crippen LogP contribution in [0, 0.1) is 5.82 Å². The largest absolute Gasteiger partial charge is 0.363 e. The van der Waals surface area contributed by atoms with Gasteiger partial charge in [0.25, 0.3) is 0 Å². The van der Waals surface area contributed by atoms with Gasteiger partial charge in [0.05, 0.1) is 6.04 Å². The summed E-state index contributed by atoms with van der Waals surface area (Å²) in [5.74, 6) is -0.299. The van der Waals surface area contributed by atoms with Gasteiger partial charge in [-0.3, -0.25) is 10.1 Å². The maximum atomic E-state index is 13.2. The van der Waals surface area contributed by atoms with Gasteiger partial charge in [0.15, 0.2) is 5.82 Å². The van der Waals surface area contributed by atoms with Crippen LogP contribution in [0.3, 0.4) is 0 Å². The second kappa shape index (κ2) is 5.84. The molecule has 0 spiro atoms. The maximum absolute atomic E-state index is 13.2. The molecule has 0 unspecified atom stereocenters. The lowest BCUT2D eigenvalue weighted by atomic mass is 10.2. The first-order valence-electron chi connectivity index (χ1n) is 6.65. The molecule has 1 saturated heterocycles. The molecule has 1 aliphatic rings. The lowest BCUT2D eigenvalue weighted by Gasteiger charge is -2.17. The molecule has 0 radical (unpaired) electrons. The minimum atomic E-state index is -0.479. The van der Waals surface area contributed by atoms with E-state index in [0.717, 1.165) is 0 Å². The number of benzene rings is 1. The van der Waals surface area contributed by atoms with Crippen LogP contribution in [0.1, 0.15) is 6.42 Å². The Balaban J connectivity index is 1.61. The summed E-state index contributed by atoms with van der Waals surface area (Å²) < 4.78 is 17.8. The zero-order valence-corrected chi connectivity index (χ0v) is 11.5. The van der Waals surface area contributed by atoms with Crippen molar-refractivity contribution >= 4 is 23.4 Å². The molecule has 1 fully saturated rings. The number of carbonyl (C=O) groups excluding carboxylic acids is 2. The number of nitrogens with zero attached hydrogens (tertiary/aromatic N) is 2. The number of amides is 3. The number of aromatic nitrogens is 1. The molecule has 7 nitrogen and oxygen atoms in total. The average Bonchev–Trinajstić information content (AvgIpc) is 3.08. The van der Waals surface area contributed by atoms with E-state index in [1.807, 2.05) is 0 Å². The van der Waals surface area contributed by atoms with Gasteiger partial charge in [-0.2, -0.15) is 0 Å². The van der Waals surface area contributed by atoms with Gasteiger partial charge in [0.1, 0.15) is 12.1 Å². The summed E-state index contributed by atoms with van der Waals surface area (Å²) >= 11 is 0. The second-order valence-corrected chi connectivity index (χ2v) is 4.87. The zero-order chi connectivity index (χ0) is 15.5. The summed E-state index contributed by atoms with van der Waals surface area (Å²) in [6.07, 6.45) is 1.49.